The second-order valence-corrected chi connectivity index (χ2v) is 5.16. The molecule has 0 bridgehead atoms. The minimum atomic E-state index is 0.617. The number of nitrogens with zero attached hydrogens (tertiary/aromatic N) is 4. The zero-order chi connectivity index (χ0) is 14.0. The summed E-state index contributed by atoms with van der Waals surface area (Å²) in [6.45, 7) is 9.05. The van der Waals surface area contributed by atoms with E-state index in [4.69, 9.17) is 0 Å². The number of aromatic nitrogens is 4. The topological polar surface area (TPSA) is 55.6 Å². The van der Waals surface area contributed by atoms with Gasteiger partial charge in [-0.15, -0.1) is 0 Å². The first-order valence-corrected chi connectivity index (χ1v) is 7.19. The van der Waals surface area contributed by atoms with Crippen molar-refractivity contribution in [1.29, 1.82) is 0 Å². The molecule has 1 N–H and O–H groups in total. The fourth-order valence-corrected chi connectivity index (χ4v) is 2.50. The molecule has 19 heavy (non-hydrogen) atoms. The molecule has 2 aromatic heterocycles. The third-order valence-corrected chi connectivity index (χ3v) is 3.62. The second-order valence-electron chi connectivity index (χ2n) is 4.31. The Bertz CT molecular complexity index is 591. The van der Waals surface area contributed by atoms with Crippen molar-refractivity contribution < 1.29 is 0 Å². The molecular weight excluding hydrogens is 306 g/mol. The van der Waals surface area contributed by atoms with Gasteiger partial charge in [-0.05, 0) is 48.7 Å². The van der Waals surface area contributed by atoms with E-state index in [9.17, 15) is 0 Å². The first kappa shape index (κ1) is 14.0. The fraction of sp³-hybridized carbons (Fsp3) is 0.462. The van der Waals surface area contributed by atoms with Crippen LogP contribution < -0.4 is 5.32 Å². The molecule has 0 fully saturated rings. The second kappa shape index (κ2) is 5.69. The fourth-order valence-electron chi connectivity index (χ4n) is 2.14. The van der Waals surface area contributed by atoms with Gasteiger partial charge in [0.1, 0.15) is 0 Å². The van der Waals surface area contributed by atoms with Gasteiger partial charge in [0.25, 0.3) is 0 Å². The van der Waals surface area contributed by atoms with Gasteiger partial charge in [0.2, 0.25) is 5.95 Å². The van der Waals surface area contributed by atoms with E-state index in [1.807, 2.05) is 18.5 Å². The van der Waals surface area contributed by atoms with Crippen molar-refractivity contribution in [2.45, 2.75) is 34.1 Å². The highest BCUT2D eigenvalue weighted by Gasteiger charge is 2.15. The van der Waals surface area contributed by atoms with E-state index in [1.165, 1.54) is 5.56 Å². The van der Waals surface area contributed by atoms with Gasteiger partial charge in [0, 0.05) is 18.4 Å². The first-order valence-electron chi connectivity index (χ1n) is 6.40. The Kier molecular flexibility index (Phi) is 4.19. The summed E-state index contributed by atoms with van der Waals surface area (Å²) in [4.78, 5) is 8.74. The summed E-state index contributed by atoms with van der Waals surface area (Å²) in [6.07, 6.45) is 2.73. The first-order chi connectivity index (χ1) is 9.08. The molecule has 2 rings (SSSR count). The highest BCUT2D eigenvalue weighted by atomic mass is 79.9. The molecule has 2 heterocycles. The molecule has 0 saturated carbocycles. The number of hydrogen-bond donors (Lipinski definition) is 1. The van der Waals surface area contributed by atoms with E-state index < -0.39 is 0 Å². The molecule has 0 unspecified atom stereocenters. The molecule has 0 atom stereocenters. The summed E-state index contributed by atoms with van der Waals surface area (Å²) in [5.41, 5.74) is 3.45. The molecular formula is C13H18BrN5. The van der Waals surface area contributed by atoms with E-state index in [0.717, 1.165) is 34.6 Å². The van der Waals surface area contributed by atoms with Crippen LogP contribution in [0, 0.1) is 13.8 Å². The Labute approximate surface area is 121 Å². The van der Waals surface area contributed by atoms with Gasteiger partial charge < -0.3 is 5.32 Å². The van der Waals surface area contributed by atoms with Crippen LogP contribution in [0.5, 0.6) is 0 Å². The van der Waals surface area contributed by atoms with Crippen LogP contribution >= 0.6 is 15.9 Å². The minimum Gasteiger partial charge on any atom is -0.354 e. The molecule has 102 valence electrons. The Morgan fingerprint density at radius 2 is 2.05 bits per heavy atom. The molecule has 2 aromatic rings. The van der Waals surface area contributed by atoms with Gasteiger partial charge in [-0.1, -0.05) is 6.92 Å². The van der Waals surface area contributed by atoms with Crippen molar-refractivity contribution in [3.63, 3.8) is 0 Å². The van der Waals surface area contributed by atoms with E-state index >= 15 is 0 Å². The van der Waals surface area contributed by atoms with Crippen molar-refractivity contribution in [3.05, 3.63) is 27.6 Å². The summed E-state index contributed by atoms with van der Waals surface area (Å²) >= 11 is 3.49. The SMILES string of the molecule is CCNc1ncc(Br)c(-n2nc(C)c(CC)c2C)n1. The maximum absolute atomic E-state index is 4.58. The number of rotatable bonds is 4. The lowest BCUT2D eigenvalue weighted by atomic mass is 10.1. The van der Waals surface area contributed by atoms with Crippen molar-refractivity contribution in [2.24, 2.45) is 0 Å². The predicted octanol–water partition coefficient (Wildman–Crippen LogP) is 3.04. The van der Waals surface area contributed by atoms with Gasteiger partial charge in [-0.2, -0.15) is 10.1 Å². The third-order valence-electron chi connectivity index (χ3n) is 3.06. The lowest BCUT2D eigenvalue weighted by Gasteiger charge is -2.08. The smallest absolute Gasteiger partial charge is 0.224 e. The van der Waals surface area contributed by atoms with Gasteiger partial charge in [0.05, 0.1) is 10.2 Å². The largest absolute Gasteiger partial charge is 0.354 e. The number of anilines is 1. The Morgan fingerprint density at radius 1 is 1.32 bits per heavy atom. The molecule has 0 aliphatic rings. The molecule has 0 aromatic carbocycles. The van der Waals surface area contributed by atoms with Crippen molar-refractivity contribution in [2.75, 3.05) is 11.9 Å². The average Bonchev–Trinajstić information content (AvgIpc) is 2.67. The number of aryl methyl sites for hydroxylation is 1. The molecule has 0 aliphatic carbocycles. The number of nitrogens with one attached hydrogen (secondary N) is 1. The van der Waals surface area contributed by atoms with Gasteiger partial charge in [-0.3, -0.25) is 0 Å². The minimum absolute atomic E-state index is 0.617. The van der Waals surface area contributed by atoms with Crippen LogP contribution in [0.4, 0.5) is 5.95 Å². The van der Waals surface area contributed by atoms with E-state index in [0.29, 0.717) is 5.95 Å². The molecule has 0 radical (unpaired) electrons. The summed E-state index contributed by atoms with van der Waals surface area (Å²) < 4.78 is 2.71. The predicted molar refractivity (Wildman–Crippen MR) is 79.9 cm³/mol. The average molecular weight is 324 g/mol. The van der Waals surface area contributed by atoms with Crippen LogP contribution in [0.3, 0.4) is 0 Å². The van der Waals surface area contributed by atoms with Gasteiger partial charge in [0.15, 0.2) is 5.82 Å². The zero-order valence-corrected chi connectivity index (χ0v) is 13.2. The lowest BCUT2D eigenvalue weighted by Crippen LogP contribution is -2.08. The number of hydrogen-bond acceptors (Lipinski definition) is 4. The van der Waals surface area contributed by atoms with E-state index in [2.05, 4.69) is 50.2 Å². The van der Waals surface area contributed by atoms with Crippen LogP contribution in [0.25, 0.3) is 5.82 Å². The third kappa shape index (κ3) is 2.63. The van der Waals surface area contributed by atoms with Gasteiger partial charge >= 0.3 is 0 Å². The summed E-state index contributed by atoms with van der Waals surface area (Å²) in [5, 5.41) is 7.70. The lowest BCUT2D eigenvalue weighted by molar-refractivity contribution is 0.795. The van der Waals surface area contributed by atoms with Crippen LogP contribution in [0.15, 0.2) is 10.7 Å². The van der Waals surface area contributed by atoms with Crippen LogP contribution in [-0.4, -0.2) is 26.3 Å². The zero-order valence-electron chi connectivity index (χ0n) is 11.7. The summed E-state index contributed by atoms with van der Waals surface area (Å²) in [6, 6.07) is 0. The van der Waals surface area contributed by atoms with Crippen LogP contribution in [0.2, 0.25) is 0 Å². The van der Waals surface area contributed by atoms with Crippen LogP contribution in [-0.2, 0) is 6.42 Å². The van der Waals surface area contributed by atoms with E-state index in [1.54, 1.807) is 6.20 Å². The highest BCUT2D eigenvalue weighted by molar-refractivity contribution is 9.10. The molecule has 0 spiro atoms. The monoisotopic (exact) mass is 323 g/mol. The standard InChI is InChI=1S/C13H18BrN5/c1-5-10-8(3)18-19(9(10)4)12-11(14)7-16-13(17-12)15-6-2/h7H,5-6H2,1-4H3,(H,15,16,17). The maximum atomic E-state index is 4.58. The Balaban J connectivity index is 2.54. The molecule has 0 aliphatic heterocycles. The van der Waals surface area contributed by atoms with Crippen molar-refractivity contribution in [1.82, 2.24) is 19.7 Å². The Hall–Kier alpha value is -1.43. The quantitative estimate of drug-likeness (QED) is 0.939. The van der Waals surface area contributed by atoms with Crippen molar-refractivity contribution >= 4 is 21.9 Å². The van der Waals surface area contributed by atoms with Crippen molar-refractivity contribution in [3.8, 4) is 5.82 Å². The Morgan fingerprint density at radius 3 is 2.63 bits per heavy atom. The maximum Gasteiger partial charge on any atom is 0.224 e. The molecule has 6 heteroatoms. The molecule has 0 saturated heterocycles. The van der Waals surface area contributed by atoms with Crippen LogP contribution in [0.1, 0.15) is 30.8 Å². The van der Waals surface area contributed by atoms with Gasteiger partial charge in [-0.25, -0.2) is 9.67 Å². The number of halogens is 1. The summed E-state index contributed by atoms with van der Waals surface area (Å²) in [5.74, 6) is 1.39. The highest BCUT2D eigenvalue weighted by Crippen LogP contribution is 2.23. The normalized spacial score (nSPS) is 10.8. The molecule has 5 nitrogen and oxygen atoms in total. The molecule has 0 amide bonds. The van der Waals surface area contributed by atoms with E-state index in [-0.39, 0.29) is 0 Å². The summed E-state index contributed by atoms with van der Waals surface area (Å²) in [7, 11) is 0.